The number of hydrogen-bond donors (Lipinski definition) is 1. The highest BCUT2D eigenvalue weighted by atomic mass is 32.1. The van der Waals surface area contributed by atoms with Gasteiger partial charge in [0, 0.05) is 31.4 Å². The van der Waals surface area contributed by atoms with Crippen LogP contribution in [0.25, 0.3) is 11.6 Å². The zero-order valence-corrected chi connectivity index (χ0v) is 12.4. The van der Waals surface area contributed by atoms with E-state index in [1.807, 2.05) is 24.3 Å². The number of aromatic nitrogens is 2. The monoisotopic (exact) mass is 299 g/mol. The Morgan fingerprint density at radius 1 is 1.24 bits per heavy atom. The van der Waals surface area contributed by atoms with E-state index in [0.717, 1.165) is 16.8 Å². The van der Waals surface area contributed by atoms with E-state index in [2.05, 4.69) is 4.99 Å². The minimum Gasteiger partial charge on any atom is -0.494 e. The zero-order valence-electron chi connectivity index (χ0n) is 11.6. The van der Waals surface area contributed by atoms with Gasteiger partial charge in [-0.05, 0) is 24.4 Å². The van der Waals surface area contributed by atoms with Gasteiger partial charge in [0.25, 0.3) is 5.56 Å². The molecule has 1 aromatic carbocycles. The fourth-order valence-corrected chi connectivity index (χ4v) is 2.46. The molecule has 0 fully saturated rings. The van der Waals surface area contributed by atoms with Crippen molar-refractivity contribution in [3.05, 3.63) is 50.5 Å². The molecule has 0 aliphatic carbocycles. The molecule has 0 amide bonds. The van der Waals surface area contributed by atoms with Crippen LogP contribution in [-0.2, 0) is 14.1 Å². The number of para-hydroxylation sites is 1. The molecule has 0 spiro atoms. The maximum absolute atomic E-state index is 12.3. The van der Waals surface area contributed by atoms with Gasteiger partial charge in [-0.25, -0.2) is 0 Å². The van der Waals surface area contributed by atoms with Crippen LogP contribution in [-0.4, -0.2) is 20.5 Å². The Hall–Kier alpha value is -2.47. The molecule has 3 rings (SSSR count). The van der Waals surface area contributed by atoms with Gasteiger partial charge in [0.2, 0.25) is 5.88 Å². The van der Waals surface area contributed by atoms with Gasteiger partial charge in [-0.15, -0.1) is 0 Å². The summed E-state index contributed by atoms with van der Waals surface area (Å²) in [6.07, 6.45) is 3.33. The van der Waals surface area contributed by atoms with Crippen LogP contribution >= 0.6 is 12.2 Å². The first-order valence-corrected chi connectivity index (χ1v) is 6.75. The largest absolute Gasteiger partial charge is 0.494 e. The van der Waals surface area contributed by atoms with E-state index in [1.54, 1.807) is 26.4 Å². The highest BCUT2D eigenvalue weighted by Gasteiger charge is 2.15. The molecule has 1 N–H and O–H groups in total. The Kier molecular flexibility index (Phi) is 3.10. The fourth-order valence-electron chi connectivity index (χ4n) is 2.30. The molecule has 0 saturated carbocycles. The van der Waals surface area contributed by atoms with Crippen molar-refractivity contribution in [2.45, 2.75) is 0 Å². The Labute approximate surface area is 126 Å². The number of aromatic hydroxyl groups is 1. The van der Waals surface area contributed by atoms with Crippen molar-refractivity contribution in [2.24, 2.45) is 19.1 Å². The SMILES string of the molecule is Cn1c(O)c(C=C2C=Nc3ccccc32)c(=O)n(C)c1=S. The topological polar surface area (TPSA) is 59.5 Å². The van der Waals surface area contributed by atoms with Crippen LogP contribution < -0.4 is 5.56 Å². The van der Waals surface area contributed by atoms with Crippen molar-refractivity contribution in [1.82, 2.24) is 9.13 Å². The summed E-state index contributed by atoms with van der Waals surface area (Å²) in [4.78, 5) is 16.6. The summed E-state index contributed by atoms with van der Waals surface area (Å²) in [6.45, 7) is 0. The number of aliphatic imine (C=N–C) groups is 1. The van der Waals surface area contributed by atoms with Crippen molar-refractivity contribution in [2.75, 3.05) is 0 Å². The number of rotatable bonds is 1. The summed E-state index contributed by atoms with van der Waals surface area (Å²) in [5, 5.41) is 10.2. The smallest absolute Gasteiger partial charge is 0.265 e. The summed E-state index contributed by atoms with van der Waals surface area (Å²) in [7, 11) is 3.21. The Morgan fingerprint density at radius 2 is 1.95 bits per heavy atom. The number of allylic oxidation sites excluding steroid dienone is 1. The first kappa shape index (κ1) is 13.5. The Morgan fingerprint density at radius 3 is 2.71 bits per heavy atom. The maximum atomic E-state index is 12.3. The predicted molar refractivity (Wildman–Crippen MR) is 85.6 cm³/mol. The van der Waals surface area contributed by atoms with Crippen LogP contribution in [0.15, 0.2) is 34.1 Å². The van der Waals surface area contributed by atoms with Gasteiger partial charge >= 0.3 is 0 Å². The summed E-state index contributed by atoms with van der Waals surface area (Å²) in [6, 6.07) is 7.64. The van der Waals surface area contributed by atoms with Crippen molar-refractivity contribution in [3.8, 4) is 5.88 Å². The van der Waals surface area contributed by atoms with Crippen LogP contribution in [0.1, 0.15) is 11.1 Å². The van der Waals surface area contributed by atoms with E-state index in [9.17, 15) is 9.90 Å². The average Bonchev–Trinajstić information content (AvgIpc) is 2.91. The molecule has 1 aliphatic rings. The van der Waals surface area contributed by atoms with Gasteiger partial charge in [0.1, 0.15) is 5.56 Å². The molecule has 21 heavy (non-hydrogen) atoms. The molecule has 6 heteroatoms. The molecule has 1 aromatic heterocycles. The van der Waals surface area contributed by atoms with Crippen molar-refractivity contribution < 1.29 is 5.11 Å². The lowest BCUT2D eigenvalue weighted by Crippen LogP contribution is -2.24. The van der Waals surface area contributed by atoms with Gasteiger partial charge in [0.05, 0.1) is 5.69 Å². The second-order valence-corrected chi connectivity index (χ2v) is 5.18. The van der Waals surface area contributed by atoms with E-state index in [-0.39, 0.29) is 21.8 Å². The molecule has 0 saturated heterocycles. The predicted octanol–water partition coefficient (Wildman–Crippen LogP) is 2.42. The van der Waals surface area contributed by atoms with E-state index < -0.39 is 0 Å². The van der Waals surface area contributed by atoms with Crippen molar-refractivity contribution in [3.63, 3.8) is 0 Å². The van der Waals surface area contributed by atoms with E-state index in [4.69, 9.17) is 12.2 Å². The fraction of sp³-hybridized carbons (Fsp3) is 0.133. The third-order valence-corrected chi connectivity index (χ3v) is 4.07. The standard InChI is InChI=1S/C15H13N3O2S/c1-17-13(19)11(14(20)18(2)15(17)21)7-9-8-16-12-6-4-3-5-10(9)12/h3-8,19H,1-2H3. The normalized spacial score (nSPS) is 14.7. The van der Waals surface area contributed by atoms with Gasteiger partial charge in [-0.2, -0.15) is 0 Å². The quantitative estimate of drug-likeness (QED) is 0.823. The second-order valence-electron chi connectivity index (χ2n) is 4.82. The summed E-state index contributed by atoms with van der Waals surface area (Å²) >= 11 is 5.09. The summed E-state index contributed by atoms with van der Waals surface area (Å²) < 4.78 is 3.00. The molecule has 0 atom stereocenters. The second kappa shape index (κ2) is 4.82. The van der Waals surface area contributed by atoms with Gasteiger partial charge < -0.3 is 5.11 Å². The highest BCUT2D eigenvalue weighted by molar-refractivity contribution is 7.71. The maximum Gasteiger partial charge on any atom is 0.265 e. The summed E-state index contributed by atoms with van der Waals surface area (Å²) in [5.41, 5.74) is 2.44. The molecule has 5 nitrogen and oxygen atoms in total. The summed E-state index contributed by atoms with van der Waals surface area (Å²) in [5.74, 6) is -0.145. The minimum atomic E-state index is -0.333. The molecule has 0 unspecified atom stereocenters. The third kappa shape index (κ3) is 2.04. The van der Waals surface area contributed by atoms with Gasteiger partial charge in [0.15, 0.2) is 4.77 Å². The van der Waals surface area contributed by atoms with Crippen molar-refractivity contribution >= 4 is 35.8 Å². The van der Waals surface area contributed by atoms with Crippen LogP contribution in [0.4, 0.5) is 5.69 Å². The minimum absolute atomic E-state index is 0.145. The highest BCUT2D eigenvalue weighted by Crippen LogP contribution is 2.32. The lowest BCUT2D eigenvalue weighted by molar-refractivity contribution is 0.414. The molecule has 2 aromatic rings. The van der Waals surface area contributed by atoms with Crippen molar-refractivity contribution in [1.29, 1.82) is 0 Å². The first-order valence-electron chi connectivity index (χ1n) is 6.35. The number of fused-ring (bicyclic) bond motifs is 1. The number of benzene rings is 1. The van der Waals surface area contributed by atoms with Crippen LogP contribution in [0.2, 0.25) is 0 Å². The molecular formula is C15H13N3O2S. The van der Waals surface area contributed by atoms with Crippen LogP contribution in [0.5, 0.6) is 5.88 Å². The Bertz CT molecular complexity index is 919. The Balaban J connectivity index is 2.26. The third-order valence-electron chi connectivity index (χ3n) is 3.53. The molecule has 0 radical (unpaired) electrons. The van der Waals surface area contributed by atoms with Crippen LogP contribution in [0.3, 0.4) is 0 Å². The van der Waals surface area contributed by atoms with Gasteiger partial charge in [-0.3, -0.25) is 18.9 Å². The molecular weight excluding hydrogens is 286 g/mol. The molecule has 1 aliphatic heterocycles. The lowest BCUT2D eigenvalue weighted by atomic mass is 10.1. The first-order chi connectivity index (χ1) is 10.0. The van der Waals surface area contributed by atoms with E-state index in [0.29, 0.717) is 0 Å². The molecule has 0 bridgehead atoms. The van der Waals surface area contributed by atoms with Gasteiger partial charge in [-0.1, -0.05) is 18.2 Å². The van der Waals surface area contributed by atoms with E-state index in [1.165, 1.54) is 9.13 Å². The van der Waals surface area contributed by atoms with Crippen LogP contribution in [0, 0.1) is 4.77 Å². The lowest BCUT2D eigenvalue weighted by Gasteiger charge is -2.10. The molecule has 2 heterocycles. The van der Waals surface area contributed by atoms with E-state index >= 15 is 0 Å². The zero-order chi connectivity index (χ0) is 15.1. The average molecular weight is 299 g/mol. The number of nitrogens with zero attached hydrogens (tertiary/aromatic N) is 3. The number of hydrogen-bond acceptors (Lipinski definition) is 4. The molecule has 106 valence electrons.